The number of aromatic nitrogens is 2. The molecule has 18 N–H and O–H groups in total. The Kier molecular flexibility index (Phi) is 25.3. The zero-order valence-corrected chi connectivity index (χ0v) is 45.0. The van der Waals surface area contributed by atoms with Crippen molar-refractivity contribution in [2.24, 2.45) is 5.73 Å². The fourth-order valence-electron chi connectivity index (χ4n) is 7.73. The number of carboxylic acids is 2. The van der Waals surface area contributed by atoms with Gasteiger partial charge in [0, 0.05) is 37.6 Å². The van der Waals surface area contributed by atoms with Gasteiger partial charge in [0.15, 0.2) is 0 Å². The summed E-state index contributed by atoms with van der Waals surface area (Å²) in [6, 6.07) is 3.75. The molecule has 0 aliphatic carbocycles. The molecule has 29 heteroatoms. The maximum absolute atomic E-state index is 14.1. The minimum atomic E-state index is -1.93. The molecule has 0 bridgehead atoms. The Morgan fingerprint density at radius 3 is 1.36 bits per heavy atom. The molecule has 0 aliphatic rings. The maximum atomic E-state index is 14.1. The van der Waals surface area contributed by atoms with Crippen LogP contribution in [0.1, 0.15) is 49.1 Å². The highest BCUT2D eigenvalue weighted by atomic mass is 32.2. The standard InChI is InChI=1S/C52H67N11O17S/c1-26(64)43(51(78)63-44(27(2)65)50(77)60-38(20-30-8-14-34(68)15-9-30)49(76)61-40(52(79)80)21-31-23-54-25-56-31)62-41(69)24-55-46(73)39(22-42(70)71)59-48(75)37(19-29-6-12-33(67)13-7-29)58-47(74)36(18-28-4-10-32(66)11-5-28)57-45(72)35(53)16-17-81-3/h4-15,23,25-27,35-40,43-44,64-68H,16-22,24,53H2,1-3H3,(H,54,56)(H,55,73)(H,57,72)(H,58,74)(H,59,75)(H,60,77)(H,61,76)(H,62,69)(H,63,78)(H,70,71)(H,79,80)/t26-,27-,35+,36+,37+,38+,39+,40+,43+,44+/m1/s1. The molecule has 4 aromatic rings. The number of nitrogens with one attached hydrogen (secondary N) is 9. The van der Waals surface area contributed by atoms with Crippen molar-refractivity contribution in [1.82, 2.24) is 52.5 Å². The number of carboxylic acid groups (broad SMARTS) is 2. The van der Waals surface area contributed by atoms with Gasteiger partial charge in [-0.05, 0) is 85.4 Å². The third-order valence-corrected chi connectivity index (χ3v) is 12.8. The molecule has 0 saturated heterocycles. The van der Waals surface area contributed by atoms with Crippen LogP contribution in [0.3, 0.4) is 0 Å². The van der Waals surface area contributed by atoms with E-state index in [4.69, 9.17) is 5.73 Å². The van der Waals surface area contributed by atoms with Gasteiger partial charge >= 0.3 is 11.9 Å². The predicted octanol–water partition coefficient (Wildman–Crippen LogP) is -3.29. The van der Waals surface area contributed by atoms with Gasteiger partial charge in [-0.1, -0.05) is 36.4 Å². The number of aromatic amines is 1. The molecule has 0 unspecified atom stereocenters. The Morgan fingerprint density at radius 1 is 0.543 bits per heavy atom. The Morgan fingerprint density at radius 2 is 0.951 bits per heavy atom. The molecular weight excluding hydrogens is 1080 g/mol. The van der Waals surface area contributed by atoms with Gasteiger partial charge in [0.2, 0.25) is 47.3 Å². The Bertz CT molecular complexity index is 2790. The minimum absolute atomic E-state index is 0.0776. The number of carbonyl (C=O) groups excluding carboxylic acids is 8. The quantitative estimate of drug-likeness (QED) is 0.0228. The molecule has 28 nitrogen and oxygen atoms in total. The summed E-state index contributed by atoms with van der Waals surface area (Å²) in [6.45, 7) is 1.14. The summed E-state index contributed by atoms with van der Waals surface area (Å²) in [4.78, 5) is 140. The van der Waals surface area contributed by atoms with E-state index in [-0.39, 0.29) is 49.4 Å². The Balaban J connectivity index is 1.48. The number of imidazole rings is 1. The largest absolute Gasteiger partial charge is 0.508 e. The fourth-order valence-corrected chi connectivity index (χ4v) is 8.22. The summed E-state index contributed by atoms with van der Waals surface area (Å²) in [5, 5.41) is 89.1. The van der Waals surface area contributed by atoms with Crippen LogP contribution < -0.4 is 48.3 Å². The molecule has 0 radical (unpaired) electrons. The van der Waals surface area contributed by atoms with E-state index in [2.05, 4.69) is 52.5 Å². The number of nitrogens with zero attached hydrogens (tertiary/aromatic N) is 1. The van der Waals surface area contributed by atoms with Crippen LogP contribution in [0.25, 0.3) is 0 Å². The van der Waals surface area contributed by atoms with E-state index < -0.39 is 133 Å². The number of nitrogens with two attached hydrogens (primary N) is 1. The second-order valence-electron chi connectivity index (χ2n) is 18.8. The number of H-pyrrole nitrogens is 1. The third kappa shape index (κ3) is 21.8. The van der Waals surface area contributed by atoms with E-state index >= 15 is 0 Å². The van der Waals surface area contributed by atoms with Crippen LogP contribution in [-0.4, -0.2) is 184 Å². The Hall–Kier alpha value is -8.80. The monoisotopic (exact) mass is 1150 g/mol. The number of carbonyl (C=O) groups is 10. The van der Waals surface area contributed by atoms with Crippen LogP contribution in [-0.2, 0) is 73.6 Å². The second kappa shape index (κ2) is 31.7. The number of phenolic OH excluding ortho intramolecular Hbond substituents is 3. The van der Waals surface area contributed by atoms with E-state index in [0.29, 0.717) is 28.1 Å². The summed E-state index contributed by atoms with van der Waals surface area (Å²) < 4.78 is 0. The molecule has 438 valence electrons. The van der Waals surface area contributed by atoms with Crippen LogP contribution in [0.15, 0.2) is 85.3 Å². The van der Waals surface area contributed by atoms with Crippen LogP contribution in [0.4, 0.5) is 0 Å². The first-order valence-corrected chi connectivity index (χ1v) is 26.5. The molecule has 0 fully saturated rings. The fraction of sp³-hybridized carbons (Fsp3) is 0.404. The third-order valence-electron chi connectivity index (χ3n) is 12.2. The number of amides is 8. The van der Waals surface area contributed by atoms with Crippen LogP contribution in [0.2, 0.25) is 0 Å². The van der Waals surface area contributed by atoms with Gasteiger partial charge in [-0.2, -0.15) is 11.8 Å². The summed E-state index contributed by atoms with van der Waals surface area (Å²) in [6.07, 6.45) is -0.812. The van der Waals surface area contributed by atoms with Gasteiger partial charge in [-0.3, -0.25) is 43.2 Å². The molecule has 81 heavy (non-hydrogen) atoms. The topological polar surface area (TPSA) is 463 Å². The smallest absolute Gasteiger partial charge is 0.326 e. The molecule has 3 aromatic carbocycles. The van der Waals surface area contributed by atoms with E-state index in [1.807, 2.05) is 6.26 Å². The van der Waals surface area contributed by atoms with Crippen molar-refractivity contribution in [3.8, 4) is 17.2 Å². The van der Waals surface area contributed by atoms with E-state index in [0.717, 1.165) is 13.8 Å². The number of hydrogen-bond acceptors (Lipinski definition) is 18. The average Bonchev–Trinajstić information content (AvgIpc) is 3.94. The van der Waals surface area contributed by atoms with Crippen LogP contribution >= 0.6 is 11.8 Å². The van der Waals surface area contributed by atoms with Crippen molar-refractivity contribution in [3.63, 3.8) is 0 Å². The van der Waals surface area contributed by atoms with Crippen molar-refractivity contribution in [2.75, 3.05) is 18.6 Å². The van der Waals surface area contributed by atoms with Crippen LogP contribution in [0, 0.1) is 0 Å². The highest BCUT2D eigenvalue weighted by molar-refractivity contribution is 7.98. The number of phenols is 3. The number of hydrogen-bond donors (Lipinski definition) is 17. The van der Waals surface area contributed by atoms with Crippen molar-refractivity contribution < 1.29 is 83.7 Å². The lowest BCUT2D eigenvalue weighted by Crippen LogP contribution is -2.62. The molecule has 4 rings (SSSR count). The normalized spacial score (nSPS) is 14.7. The zero-order valence-electron chi connectivity index (χ0n) is 44.2. The van der Waals surface area contributed by atoms with E-state index in [1.54, 1.807) is 0 Å². The van der Waals surface area contributed by atoms with E-state index in [9.17, 15) is 83.7 Å². The highest BCUT2D eigenvalue weighted by Crippen LogP contribution is 2.16. The molecule has 0 aliphatic heterocycles. The Labute approximate surface area is 467 Å². The summed E-state index contributed by atoms with van der Waals surface area (Å²) in [5.41, 5.74) is 7.67. The number of aliphatic hydroxyl groups excluding tert-OH is 2. The summed E-state index contributed by atoms with van der Waals surface area (Å²) in [7, 11) is 0. The summed E-state index contributed by atoms with van der Waals surface area (Å²) in [5.74, 6) is -11.4. The molecule has 10 atom stereocenters. The summed E-state index contributed by atoms with van der Waals surface area (Å²) >= 11 is 1.44. The van der Waals surface area contributed by atoms with Gasteiger partial charge in [0.05, 0.1) is 37.5 Å². The molecule has 1 aromatic heterocycles. The van der Waals surface area contributed by atoms with Gasteiger partial charge in [0.1, 0.15) is 59.5 Å². The van der Waals surface area contributed by atoms with Gasteiger partial charge < -0.3 is 89.0 Å². The number of aromatic hydroxyl groups is 3. The van der Waals surface area contributed by atoms with Crippen molar-refractivity contribution >= 4 is 71.0 Å². The SMILES string of the molecule is CSCC[C@H](N)C(=O)N[C@@H](Cc1ccc(O)cc1)C(=O)N[C@@H](Cc1ccc(O)cc1)C(=O)N[C@@H](CC(=O)O)C(=O)NCC(=O)N[C@H](C(=O)N[C@H](C(=O)N[C@@H](Cc1ccc(O)cc1)C(=O)N[C@@H](Cc1cnc[nH]1)C(=O)O)[C@@H](C)O)[C@@H](C)O. The maximum Gasteiger partial charge on any atom is 0.326 e. The predicted molar refractivity (Wildman–Crippen MR) is 288 cm³/mol. The minimum Gasteiger partial charge on any atom is -0.508 e. The zero-order chi connectivity index (χ0) is 59.9. The molecule has 8 amide bonds. The highest BCUT2D eigenvalue weighted by Gasteiger charge is 2.36. The number of aliphatic carboxylic acids is 2. The van der Waals surface area contributed by atoms with Crippen molar-refractivity contribution in [1.29, 1.82) is 0 Å². The first-order valence-electron chi connectivity index (χ1n) is 25.1. The number of aliphatic hydroxyl groups is 2. The van der Waals surface area contributed by atoms with Gasteiger partial charge in [0.25, 0.3) is 0 Å². The average molecular weight is 1150 g/mol. The van der Waals surface area contributed by atoms with Gasteiger partial charge in [-0.25, -0.2) is 9.78 Å². The number of benzene rings is 3. The molecule has 0 saturated carbocycles. The molecule has 1 heterocycles. The molecular formula is C52H67N11O17S. The van der Waals surface area contributed by atoms with Crippen LogP contribution in [0.5, 0.6) is 17.2 Å². The lowest BCUT2D eigenvalue weighted by atomic mass is 10.0. The first kappa shape index (κ1) is 64.7. The van der Waals surface area contributed by atoms with Crippen molar-refractivity contribution in [2.45, 2.75) is 113 Å². The first-order chi connectivity index (χ1) is 38.3. The lowest BCUT2D eigenvalue weighted by molar-refractivity contribution is -0.142. The number of thioether (sulfide) groups is 1. The van der Waals surface area contributed by atoms with Crippen molar-refractivity contribution in [3.05, 3.63) is 108 Å². The van der Waals surface area contributed by atoms with Gasteiger partial charge in [-0.15, -0.1) is 0 Å². The molecule has 0 spiro atoms. The second-order valence-corrected chi connectivity index (χ2v) is 19.7. The number of rotatable bonds is 32. The lowest BCUT2D eigenvalue weighted by Gasteiger charge is -2.28. The van der Waals surface area contributed by atoms with E-state index in [1.165, 1.54) is 97.1 Å².